The second-order valence-corrected chi connectivity index (χ2v) is 11.1. The molecule has 1 saturated carbocycles. The number of anilines is 2. The van der Waals surface area contributed by atoms with Crippen molar-refractivity contribution in [2.75, 3.05) is 10.2 Å². The number of rotatable bonds is 7. The van der Waals surface area contributed by atoms with Gasteiger partial charge in [-0.25, -0.2) is 4.79 Å². The largest absolute Gasteiger partial charge is 0.477 e. The second-order valence-electron chi connectivity index (χ2n) is 8.98. The highest BCUT2D eigenvalue weighted by Gasteiger charge is 2.33. The molecule has 34 heavy (non-hydrogen) atoms. The molecule has 9 heteroatoms. The summed E-state index contributed by atoms with van der Waals surface area (Å²) >= 11 is 2.49. The first-order chi connectivity index (χ1) is 16.2. The molecule has 2 N–H and O–H groups in total. The molecule has 3 aromatic heterocycles. The Hall–Kier alpha value is -2.91. The van der Waals surface area contributed by atoms with E-state index >= 15 is 0 Å². The molecule has 0 atom stereocenters. The lowest BCUT2D eigenvalue weighted by Gasteiger charge is -2.33. The minimum Gasteiger partial charge on any atom is -0.477 e. The van der Waals surface area contributed by atoms with Crippen molar-refractivity contribution >= 4 is 51.1 Å². The van der Waals surface area contributed by atoms with E-state index in [1.165, 1.54) is 17.6 Å². The molecule has 1 fully saturated rings. The van der Waals surface area contributed by atoms with E-state index in [0.717, 1.165) is 46.8 Å². The van der Waals surface area contributed by atoms with Crippen LogP contribution in [0.1, 0.15) is 66.7 Å². The summed E-state index contributed by atoms with van der Waals surface area (Å²) in [6.07, 6.45) is 5.15. The number of nitrogens with zero attached hydrogens (tertiary/aromatic N) is 1. The van der Waals surface area contributed by atoms with Crippen LogP contribution in [-0.4, -0.2) is 28.9 Å². The molecule has 1 aliphatic rings. The molecule has 2 amide bonds. The third-order valence-corrected chi connectivity index (χ3v) is 8.42. The van der Waals surface area contributed by atoms with E-state index in [4.69, 9.17) is 4.42 Å². The van der Waals surface area contributed by atoms with Crippen LogP contribution in [-0.2, 0) is 4.79 Å². The summed E-state index contributed by atoms with van der Waals surface area (Å²) in [6.45, 7) is 6.04. The van der Waals surface area contributed by atoms with Gasteiger partial charge in [-0.05, 0) is 75.8 Å². The van der Waals surface area contributed by atoms with Gasteiger partial charge >= 0.3 is 5.97 Å². The maximum absolute atomic E-state index is 13.5. The van der Waals surface area contributed by atoms with Gasteiger partial charge in [0.05, 0.1) is 17.0 Å². The number of carboxylic acids is 1. The van der Waals surface area contributed by atoms with Gasteiger partial charge in [-0.1, -0.05) is 6.92 Å². The minimum atomic E-state index is -1.05. The monoisotopic (exact) mass is 500 g/mol. The fourth-order valence-corrected chi connectivity index (χ4v) is 6.28. The average Bonchev–Trinajstić information content (AvgIpc) is 3.55. The molecule has 3 heterocycles. The summed E-state index contributed by atoms with van der Waals surface area (Å²) < 4.78 is 5.12. The van der Waals surface area contributed by atoms with Gasteiger partial charge in [0.15, 0.2) is 5.76 Å². The highest BCUT2D eigenvalue weighted by molar-refractivity contribution is 7.25. The van der Waals surface area contributed by atoms with Crippen molar-refractivity contribution < 1.29 is 23.9 Å². The number of thiophene rings is 2. The van der Waals surface area contributed by atoms with Crippen LogP contribution in [0.3, 0.4) is 0 Å². The fraction of sp³-hybridized carbons (Fsp3) is 0.400. The van der Waals surface area contributed by atoms with Crippen molar-refractivity contribution in [1.82, 2.24) is 0 Å². The number of amides is 2. The number of hydrogen-bond donors (Lipinski definition) is 2. The molecule has 180 valence electrons. The van der Waals surface area contributed by atoms with Crippen LogP contribution >= 0.6 is 22.7 Å². The van der Waals surface area contributed by atoms with Gasteiger partial charge < -0.3 is 19.7 Å². The minimum absolute atomic E-state index is 0.00586. The third kappa shape index (κ3) is 5.10. The molecule has 4 rings (SSSR count). The van der Waals surface area contributed by atoms with Crippen molar-refractivity contribution in [3.63, 3.8) is 0 Å². The summed E-state index contributed by atoms with van der Waals surface area (Å²) in [4.78, 5) is 41.2. The molecule has 0 aliphatic heterocycles. The van der Waals surface area contributed by atoms with E-state index in [0.29, 0.717) is 16.6 Å². The summed E-state index contributed by atoms with van der Waals surface area (Å²) in [5.41, 5.74) is 0.445. The topological polar surface area (TPSA) is 99.8 Å². The number of aromatic carboxylic acids is 1. The first kappa shape index (κ1) is 24.2. The zero-order chi connectivity index (χ0) is 24.4. The molecule has 0 bridgehead atoms. The number of carbonyl (C=O) groups is 3. The Kier molecular flexibility index (Phi) is 7.23. The van der Waals surface area contributed by atoms with Gasteiger partial charge in [0, 0.05) is 21.7 Å². The number of hydrogen-bond acceptors (Lipinski definition) is 6. The van der Waals surface area contributed by atoms with Crippen LogP contribution in [0.2, 0.25) is 0 Å². The number of furan rings is 1. The van der Waals surface area contributed by atoms with Crippen LogP contribution in [0.25, 0.3) is 9.75 Å². The van der Waals surface area contributed by atoms with Crippen molar-refractivity contribution in [3.05, 3.63) is 47.2 Å². The van der Waals surface area contributed by atoms with Crippen LogP contribution in [0.15, 0.2) is 41.0 Å². The van der Waals surface area contributed by atoms with E-state index in [2.05, 4.69) is 12.2 Å². The predicted molar refractivity (Wildman–Crippen MR) is 135 cm³/mol. The van der Waals surface area contributed by atoms with Crippen molar-refractivity contribution in [2.45, 2.75) is 52.5 Å². The third-order valence-electron chi connectivity index (χ3n) is 6.12. The molecular formula is C25H28N2O5S2. The Bertz CT molecular complexity index is 1170. The normalized spacial score (nSPS) is 18.1. The van der Waals surface area contributed by atoms with E-state index in [9.17, 15) is 19.5 Å². The van der Waals surface area contributed by atoms with Gasteiger partial charge in [-0.15, -0.1) is 22.7 Å². The highest BCUT2D eigenvalue weighted by atomic mass is 32.1. The molecule has 0 unspecified atom stereocenters. The zero-order valence-corrected chi connectivity index (χ0v) is 21.0. The summed E-state index contributed by atoms with van der Waals surface area (Å²) in [5, 5.41) is 13.3. The molecule has 1 aliphatic carbocycles. The van der Waals surface area contributed by atoms with Gasteiger partial charge in [0.25, 0.3) is 5.91 Å². The van der Waals surface area contributed by atoms with Crippen LogP contribution in [0.5, 0.6) is 0 Å². The van der Waals surface area contributed by atoms with Crippen LogP contribution < -0.4 is 10.2 Å². The first-order valence-corrected chi connectivity index (χ1v) is 13.0. The predicted octanol–water partition coefficient (Wildman–Crippen LogP) is 6.59. The molecule has 0 spiro atoms. The van der Waals surface area contributed by atoms with Gasteiger partial charge in [0.2, 0.25) is 5.91 Å². The first-order valence-electron chi connectivity index (χ1n) is 11.4. The Balaban J connectivity index is 1.61. The number of carboxylic acid groups (broad SMARTS) is 1. The summed E-state index contributed by atoms with van der Waals surface area (Å²) in [5.74, 6) is -0.635. The zero-order valence-electron chi connectivity index (χ0n) is 19.4. The number of carbonyl (C=O) groups excluding carboxylic acids is 2. The molecule has 0 saturated heterocycles. The second kappa shape index (κ2) is 10.1. The van der Waals surface area contributed by atoms with Crippen LogP contribution in [0, 0.1) is 11.8 Å². The molecule has 7 nitrogen and oxygen atoms in total. The van der Waals surface area contributed by atoms with Crippen molar-refractivity contribution in [3.8, 4) is 9.75 Å². The van der Waals surface area contributed by atoms with E-state index in [-0.39, 0.29) is 34.4 Å². The lowest BCUT2D eigenvalue weighted by atomic mass is 9.82. The SMILES string of the molecule is CC(C)N(c1cc(-c2ccc(NC(=O)c3ccco3)s2)sc1C(=O)O)C(=O)[C@H]1CC[C@H](C)CC1. The van der Waals surface area contributed by atoms with E-state index in [1.807, 2.05) is 19.9 Å². The lowest BCUT2D eigenvalue weighted by Crippen LogP contribution is -2.42. The Morgan fingerprint density at radius 2 is 1.82 bits per heavy atom. The average molecular weight is 501 g/mol. The molecule has 0 aromatic carbocycles. The quantitative estimate of drug-likeness (QED) is 0.381. The molecular weight excluding hydrogens is 472 g/mol. The Labute approximate surface area is 206 Å². The maximum Gasteiger partial charge on any atom is 0.348 e. The van der Waals surface area contributed by atoms with Gasteiger partial charge in [0.1, 0.15) is 4.88 Å². The van der Waals surface area contributed by atoms with E-state index in [1.54, 1.807) is 29.2 Å². The summed E-state index contributed by atoms with van der Waals surface area (Å²) in [7, 11) is 0. The lowest BCUT2D eigenvalue weighted by molar-refractivity contribution is -0.123. The number of nitrogens with one attached hydrogen (secondary N) is 1. The smallest absolute Gasteiger partial charge is 0.348 e. The van der Waals surface area contributed by atoms with Gasteiger partial charge in [-0.3, -0.25) is 9.59 Å². The maximum atomic E-state index is 13.5. The molecule has 0 radical (unpaired) electrons. The standard InChI is InChI=1S/C25H28N2O5S2/c1-14(2)27(24(29)16-8-6-15(3)7-9-16)17-13-20(34-22(17)25(30)31)19-10-11-21(33-19)26-23(28)18-5-4-12-32-18/h4-5,10-16H,6-9H2,1-3H3,(H,26,28)(H,30,31)/t15-,16-. The molecule has 3 aromatic rings. The van der Waals surface area contributed by atoms with E-state index < -0.39 is 5.97 Å². The fourth-order valence-electron chi connectivity index (χ4n) is 4.31. The van der Waals surface area contributed by atoms with Crippen molar-refractivity contribution in [1.29, 1.82) is 0 Å². The highest BCUT2D eigenvalue weighted by Crippen LogP contribution is 2.42. The summed E-state index contributed by atoms with van der Waals surface area (Å²) in [6, 6.07) is 8.47. The van der Waals surface area contributed by atoms with Crippen molar-refractivity contribution in [2.24, 2.45) is 11.8 Å². The van der Waals surface area contributed by atoms with Gasteiger partial charge in [-0.2, -0.15) is 0 Å². The van der Waals surface area contributed by atoms with Crippen LogP contribution in [0.4, 0.5) is 10.7 Å². The Morgan fingerprint density at radius 1 is 1.09 bits per heavy atom. The Morgan fingerprint density at radius 3 is 2.44 bits per heavy atom.